The fraction of sp³-hybridized carbons (Fsp3) is 0.133. The number of carbonyl (C=O) groups is 1. The standard InChI is InChI=1S/C15H12FN5O2/c16-11-5-3-10(4-6-11)9-21-7-1-2-12(21)13(22)8-14(23)15-17-19-20-18-15/h1-6,8H,7,9H2,(H-,17,18,19,20,22,23)/p+1. The van der Waals surface area contributed by atoms with Crippen molar-refractivity contribution in [3.63, 3.8) is 0 Å². The second-order valence-corrected chi connectivity index (χ2v) is 4.92. The highest BCUT2D eigenvalue weighted by atomic mass is 19.1. The summed E-state index contributed by atoms with van der Waals surface area (Å²) in [5.74, 6) is -1.09. The van der Waals surface area contributed by atoms with Gasteiger partial charge in [-0.1, -0.05) is 0 Å². The molecule has 0 spiro atoms. The summed E-state index contributed by atoms with van der Waals surface area (Å²) in [7, 11) is 0. The Morgan fingerprint density at radius 1 is 1.39 bits per heavy atom. The zero-order valence-corrected chi connectivity index (χ0v) is 12.0. The number of allylic oxidation sites excluding steroid dienone is 2. The van der Waals surface area contributed by atoms with Crippen molar-refractivity contribution in [2.75, 3.05) is 6.54 Å². The number of carbonyl (C=O) groups excluding carboxylic acids is 1. The van der Waals surface area contributed by atoms with E-state index in [1.165, 1.54) is 12.1 Å². The second-order valence-electron chi connectivity index (χ2n) is 4.92. The highest BCUT2D eigenvalue weighted by molar-refractivity contribution is 6.47. The number of aliphatic hydroxyl groups excluding tert-OH is 1. The number of aliphatic hydroxyl groups is 1. The van der Waals surface area contributed by atoms with Gasteiger partial charge in [0.2, 0.25) is 11.5 Å². The van der Waals surface area contributed by atoms with Crippen LogP contribution in [0.2, 0.25) is 0 Å². The van der Waals surface area contributed by atoms with Gasteiger partial charge in [-0.3, -0.25) is 4.79 Å². The summed E-state index contributed by atoms with van der Waals surface area (Å²) in [6, 6.07) is 6.09. The van der Waals surface area contributed by atoms with Crippen LogP contribution in [0.5, 0.6) is 0 Å². The molecule has 1 aliphatic rings. The third kappa shape index (κ3) is 3.37. The van der Waals surface area contributed by atoms with Crippen LogP contribution in [0, 0.1) is 5.82 Å². The Labute approximate surface area is 130 Å². The predicted molar refractivity (Wildman–Crippen MR) is 79.2 cm³/mol. The maximum absolute atomic E-state index is 12.9. The smallest absolute Gasteiger partial charge is 0.252 e. The van der Waals surface area contributed by atoms with Crippen LogP contribution in [0.15, 0.2) is 42.5 Å². The Kier molecular flexibility index (Phi) is 4.05. The molecular weight excluding hydrogens is 301 g/mol. The van der Waals surface area contributed by atoms with Crippen LogP contribution in [0.3, 0.4) is 0 Å². The zero-order valence-electron chi connectivity index (χ0n) is 12.0. The lowest BCUT2D eigenvalue weighted by molar-refractivity contribution is -0.529. The highest BCUT2D eigenvalue weighted by Gasteiger charge is 2.24. The van der Waals surface area contributed by atoms with Gasteiger partial charge in [-0.25, -0.2) is 8.97 Å². The van der Waals surface area contributed by atoms with Crippen LogP contribution in [-0.2, 0) is 11.3 Å². The van der Waals surface area contributed by atoms with Gasteiger partial charge in [-0.05, 0) is 35.6 Å². The molecule has 1 aliphatic heterocycles. The van der Waals surface area contributed by atoms with Gasteiger partial charge in [-0.15, -0.1) is 10.2 Å². The predicted octanol–water partition coefficient (Wildman–Crippen LogP) is 1.03. The summed E-state index contributed by atoms with van der Waals surface area (Å²) in [5, 5.41) is 22.5. The van der Waals surface area contributed by atoms with Gasteiger partial charge in [0.25, 0.3) is 5.78 Å². The minimum absolute atomic E-state index is 0.0500. The van der Waals surface area contributed by atoms with Crippen molar-refractivity contribution in [1.82, 2.24) is 20.6 Å². The summed E-state index contributed by atoms with van der Waals surface area (Å²) in [5.41, 5.74) is 1.32. The Balaban J connectivity index is 1.81. The molecule has 8 heteroatoms. The topological polar surface area (TPSA) is 94.8 Å². The maximum Gasteiger partial charge on any atom is 0.252 e. The van der Waals surface area contributed by atoms with E-state index in [1.807, 2.05) is 10.7 Å². The molecule has 0 unspecified atom stereocenters. The van der Waals surface area contributed by atoms with E-state index in [1.54, 1.807) is 18.2 Å². The van der Waals surface area contributed by atoms with Crippen LogP contribution in [0.4, 0.5) is 4.39 Å². The molecule has 2 aromatic rings. The number of hydrogen-bond donors (Lipinski definition) is 2. The number of nitrogens with zero attached hydrogens (tertiary/aromatic N) is 4. The van der Waals surface area contributed by atoms with Gasteiger partial charge in [0.1, 0.15) is 5.82 Å². The Hall–Kier alpha value is -3.16. The molecule has 3 rings (SSSR count). The van der Waals surface area contributed by atoms with E-state index in [9.17, 15) is 14.3 Å². The average molecular weight is 314 g/mol. The Morgan fingerprint density at radius 3 is 2.87 bits per heavy atom. The van der Waals surface area contributed by atoms with E-state index in [0.717, 1.165) is 11.6 Å². The fourth-order valence-corrected chi connectivity index (χ4v) is 2.23. The third-order valence-electron chi connectivity index (χ3n) is 3.32. The number of hydrogen-bond acceptors (Lipinski definition) is 5. The summed E-state index contributed by atoms with van der Waals surface area (Å²) in [6.07, 6.45) is 4.58. The van der Waals surface area contributed by atoms with Crippen LogP contribution < -0.4 is 0 Å². The molecule has 0 radical (unpaired) electrons. The maximum atomic E-state index is 12.9. The Morgan fingerprint density at radius 2 is 2.17 bits per heavy atom. The molecule has 2 N–H and O–H groups in total. The molecule has 23 heavy (non-hydrogen) atoms. The van der Waals surface area contributed by atoms with Gasteiger partial charge in [-0.2, -0.15) is 5.21 Å². The molecule has 7 nitrogen and oxygen atoms in total. The van der Waals surface area contributed by atoms with E-state index in [-0.39, 0.29) is 23.2 Å². The average Bonchev–Trinajstić information content (AvgIpc) is 3.20. The van der Waals surface area contributed by atoms with Crippen molar-refractivity contribution in [2.24, 2.45) is 0 Å². The summed E-state index contributed by atoms with van der Waals surface area (Å²) in [6.45, 7) is 1.03. The quantitative estimate of drug-likeness (QED) is 0.488. The van der Waals surface area contributed by atoms with E-state index >= 15 is 0 Å². The second kappa shape index (κ2) is 6.30. The minimum Gasteiger partial charge on any atom is -0.504 e. The zero-order chi connectivity index (χ0) is 16.2. The van der Waals surface area contributed by atoms with Crippen molar-refractivity contribution >= 4 is 17.3 Å². The normalized spacial score (nSPS) is 14.6. The van der Waals surface area contributed by atoms with Crippen molar-refractivity contribution in [2.45, 2.75) is 6.54 Å². The summed E-state index contributed by atoms with van der Waals surface area (Å²) in [4.78, 5) is 12.3. The number of halogens is 1. The lowest BCUT2D eigenvalue weighted by Crippen LogP contribution is -2.22. The van der Waals surface area contributed by atoms with Crippen molar-refractivity contribution in [1.29, 1.82) is 0 Å². The number of tetrazole rings is 1. The largest absolute Gasteiger partial charge is 0.504 e. The lowest BCUT2D eigenvalue weighted by atomic mass is 10.2. The molecule has 0 atom stereocenters. The van der Waals surface area contributed by atoms with Crippen molar-refractivity contribution < 1.29 is 18.9 Å². The molecule has 0 aliphatic carbocycles. The summed E-state index contributed by atoms with van der Waals surface area (Å²) >= 11 is 0. The molecule has 116 valence electrons. The molecule has 2 heterocycles. The molecule has 1 aromatic carbocycles. The molecule has 1 aromatic heterocycles. The number of benzene rings is 1. The van der Waals surface area contributed by atoms with Gasteiger partial charge < -0.3 is 5.11 Å². The number of aromatic amines is 1. The van der Waals surface area contributed by atoms with Crippen LogP contribution >= 0.6 is 0 Å². The number of rotatable bonds is 5. The van der Waals surface area contributed by atoms with E-state index in [4.69, 9.17) is 0 Å². The fourth-order valence-electron chi connectivity index (χ4n) is 2.23. The van der Waals surface area contributed by atoms with Crippen molar-refractivity contribution in [3.8, 4) is 0 Å². The van der Waals surface area contributed by atoms with Gasteiger partial charge in [0.05, 0.1) is 0 Å². The summed E-state index contributed by atoms with van der Waals surface area (Å²) < 4.78 is 14.8. The molecule has 0 amide bonds. The first-order chi connectivity index (χ1) is 11.1. The number of H-pyrrole nitrogens is 1. The van der Waals surface area contributed by atoms with E-state index in [0.29, 0.717) is 18.8 Å². The van der Waals surface area contributed by atoms with Crippen LogP contribution in [0.1, 0.15) is 11.4 Å². The highest BCUT2D eigenvalue weighted by Crippen LogP contribution is 2.09. The first-order valence-electron chi connectivity index (χ1n) is 6.85. The monoisotopic (exact) mass is 314 g/mol. The molecule has 0 bridgehead atoms. The van der Waals surface area contributed by atoms with Gasteiger partial charge in [0, 0.05) is 17.7 Å². The molecule has 0 saturated heterocycles. The number of nitrogens with one attached hydrogen (secondary N) is 1. The van der Waals surface area contributed by atoms with Crippen molar-refractivity contribution in [3.05, 3.63) is 59.7 Å². The first-order valence-corrected chi connectivity index (χ1v) is 6.85. The molecular formula is C15H13FN5O2+. The molecule has 0 fully saturated rings. The Bertz CT molecular complexity index is 807. The van der Waals surface area contributed by atoms with E-state index < -0.39 is 0 Å². The van der Waals surface area contributed by atoms with E-state index in [2.05, 4.69) is 20.6 Å². The third-order valence-corrected chi connectivity index (χ3v) is 3.32. The number of ketones is 1. The van der Waals surface area contributed by atoms with Gasteiger partial charge in [0.15, 0.2) is 18.8 Å². The number of aromatic nitrogens is 4. The van der Waals surface area contributed by atoms with Crippen LogP contribution in [-0.4, -0.2) is 48.3 Å². The van der Waals surface area contributed by atoms with Gasteiger partial charge >= 0.3 is 0 Å². The first kappa shape index (κ1) is 14.8. The van der Waals surface area contributed by atoms with Crippen LogP contribution in [0.25, 0.3) is 5.76 Å². The lowest BCUT2D eigenvalue weighted by Gasteiger charge is -2.01. The molecule has 0 saturated carbocycles. The minimum atomic E-state index is -0.372. The SMILES string of the molecule is O=C(C=C(O)c1nn[nH]n1)C1=[N+](Cc2ccc(F)cc2)CC=C1.